The number of aryl methyl sites for hydroxylation is 1. The molecule has 0 fully saturated rings. The summed E-state index contributed by atoms with van der Waals surface area (Å²) < 4.78 is 10.5. The minimum Gasteiger partial charge on any atom is -0.382 e. The van der Waals surface area contributed by atoms with Crippen LogP contribution in [0.3, 0.4) is 0 Å². The molecule has 19 heavy (non-hydrogen) atoms. The van der Waals surface area contributed by atoms with Gasteiger partial charge in [0.2, 0.25) is 5.56 Å². The highest BCUT2D eigenvalue weighted by molar-refractivity contribution is 5.26. The van der Waals surface area contributed by atoms with Gasteiger partial charge in [0.1, 0.15) is 0 Å². The van der Waals surface area contributed by atoms with E-state index in [2.05, 4.69) is 10.3 Å². The van der Waals surface area contributed by atoms with E-state index in [0.29, 0.717) is 6.61 Å². The van der Waals surface area contributed by atoms with Gasteiger partial charge in [-0.1, -0.05) is 6.07 Å². The molecule has 1 heterocycles. The van der Waals surface area contributed by atoms with Gasteiger partial charge in [0.15, 0.2) is 0 Å². The molecule has 0 aromatic carbocycles. The van der Waals surface area contributed by atoms with E-state index >= 15 is 0 Å². The molecule has 0 saturated heterocycles. The Hall–Kier alpha value is -1.17. The Labute approximate surface area is 113 Å². The van der Waals surface area contributed by atoms with Crippen LogP contribution in [0.25, 0.3) is 0 Å². The predicted octanol–water partition coefficient (Wildman–Crippen LogP) is 1.00. The first-order valence-electron chi connectivity index (χ1n) is 6.71. The van der Waals surface area contributed by atoms with Crippen LogP contribution in [0.15, 0.2) is 16.9 Å². The molecular formula is C14H22N2O3. The van der Waals surface area contributed by atoms with Crippen molar-refractivity contribution in [2.24, 2.45) is 0 Å². The lowest BCUT2D eigenvalue weighted by Crippen LogP contribution is -2.36. The number of fused-ring (bicyclic) bond motifs is 1. The minimum absolute atomic E-state index is 0.0199. The molecule has 0 radical (unpaired) electrons. The van der Waals surface area contributed by atoms with Gasteiger partial charge in [0.25, 0.3) is 0 Å². The zero-order valence-corrected chi connectivity index (χ0v) is 11.6. The van der Waals surface area contributed by atoms with E-state index in [1.807, 2.05) is 6.07 Å². The van der Waals surface area contributed by atoms with Crippen LogP contribution in [0.2, 0.25) is 0 Å². The molecular weight excluding hydrogens is 244 g/mol. The molecule has 5 heteroatoms. The molecule has 1 aliphatic carbocycles. The van der Waals surface area contributed by atoms with Crippen molar-refractivity contribution in [1.29, 1.82) is 0 Å². The average Bonchev–Trinajstić information content (AvgIpc) is 2.43. The standard InChI is InChI=1S/C14H22N2O3/c1-18-9-10(19-2)8-15-12-4-3-5-13-11(12)6-7-14(17)16-13/h6-7,10,12,15H,3-5,8-9H2,1-2H3,(H,16,17). The second-order valence-electron chi connectivity index (χ2n) is 4.92. The summed E-state index contributed by atoms with van der Waals surface area (Å²) in [4.78, 5) is 14.3. The van der Waals surface area contributed by atoms with Crippen LogP contribution in [-0.2, 0) is 15.9 Å². The Morgan fingerprint density at radius 2 is 2.32 bits per heavy atom. The maximum atomic E-state index is 11.3. The fourth-order valence-corrected chi connectivity index (χ4v) is 2.58. The second kappa shape index (κ2) is 6.84. The summed E-state index contributed by atoms with van der Waals surface area (Å²) in [6.45, 7) is 1.32. The van der Waals surface area contributed by atoms with E-state index < -0.39 is 0 Å². The summed E-state index contributed by atoms with van der Waals surface area (Å²) in [5.41, 5.74) is 2.25. The summed E-state index contributed by atoms with van der Waals surface area (Å²) in [5.74, 6) is 0. The number of H-pyrrole nitrogens is 1. The van der Waals surface area contributed by atoms with Crippen molar-refractivity contribution < 1.29 is 9.47 Å². The summed E-state index contributed by atoms with van der Waals surface area (Å²) >= 11 is 0. The van der Waals surface area contributed by atoms with E-state index in [9.17, 15) is 4.79 Å². The fourth-order valence-electron chi connectivity index (χ4n) is 2.58. The molecule has 1 aliphatic rings. The van der Waals surface area contributed by atoms with Crippen molar-refractivity contribution >= 4 is 0 Å². The summed E-state index contributed by atoms with van der Waals surface area (Å²) in [6.07, 6.45) is 3.18. The minimum atomic E-state index is -0.0199. The molecule has 2 atom stereocenters. The van der Waals surface area contributed by atoms with Gasteiger partial charge in [0.05, 0.1) is 12.7 Å². The van der Waals surface area contributed by atoms with Crippen molar-refractivity contribution in [3.63, 3.8) is 0 Å². The quantitative estimate of drug-likeness (QED) is 0.806. The number of ether oxygens (including phenoxy) is 2. The Kier molecular flexibility index (Phi) is 5.13. The first kappa shape index (κ1) is 14.2. The highest BCUT2D eigenvalue weighted by atomic mass is 16.5. The van der Waals surface area contributed by atoms with Crippen LogP contribution in [-0.4, -0.2) is 38.5 Å². The Bertz CT molecular complexity index is 458. The first-order chi connectivity index (χ1) is 9.24. The van der Waals surface area contributed by atoms with Crippen LogP contribution in [0.5, 0.6) is 0 Å². The maximum Gasteiger partial charge on any atom is 0.248 e. The molecule has 1 aromatic heterocycles. The molecule has 0 amide bonds. The smallest absolute Gasteiger partial charge is 0.248 e. The zero-order valence-electron chi connectivity index (χ0n) is 11.6. The molecule has 2 rings (SSSR count). The van der Waals surface area contributed by atoms with Gasteiger partial charge in [0, 0.05) is 38.6 Å². The molecule has 2 unspecified atom stereocenters. The molecule has 5 nitrogen and oxygen atoms in total. The molecule has 1 aromatic rings. The van der Waals surface area contributed by atoms with Crippen molar-refractivity contribution in [1.82, 2.24) is 10.3 Å². The third kappa shape index (κ3) is 3.65. The van der Waals surface area contributed by atoms with Gasteiger partial charge < -0.3 is 19.8 Å². The second-order valence-corrected chi connectivity index (χ2v) is 4.92. The normalized spacial score (nSPS) is 20.0. The van der Waals surface area contributed by atoms with Crippen LogP contribution < -0.4 is 10.9 Å². The molecule has 0 saturated carbocycles. The third-order valence-corrected chi connectivity index (χ3v) is 3.61. The van der Waals surface area contributed by atoms with Gasteiger partial charge in [-0.2, -0.15) is 0 Å². The summed E-state index contributed by atoms with van der Waals surface area (Å²) in [6, 6.07) is 3.82. The lowest BCUT2D eigenvalue weighted by Gasteiger charge is -2.27. The van der Waals surface area contributed by atoms with Crippen molar-refractivity contribution in [3.8, 4) is 0 Å². The van der Waals surface area contributed by atoms with Gasteiger partial charge in [-0.05, 0) is 24.8 Å². The Morgan fingerprint density at radius 1 is 1.47 bits per heavy atom. The summed E-state index contributed by atoms with van der Waals surface area (Å²) in [7, 11) is 3.37. The van der Waals surface area contributed by atoms with Crippen molar-refractivity contribution in [2.45, 2.75) is 31.4 Å². The number of methoxy groups -OCH3 is 2. The SMILES string of the molecule is COCC(CNC1CCCc2[nH]c(=O)ccc21)OC. The largest absolute Gasteiger partial charge is 0.382 e. The van der Waals surface area contributed by atoms with Crippen LogP contribution in [0.4, 0.5) is 0 Å². The molecule has 2 N–H and O–H groups in total. The van der Waals surface area contributed by atoms with Crippen molar-refractivity contribution in [3.05, 3.63) is 33.7 Å². The van der Waals surface area contributed by atoms with E-state index in [1.54, 1.807) is 20.3 Å². The monoisotopic (exact) mass is 266 g/mol. The zero-order chi connectivity index (χ0) is 13.7. The predicted molar refractivity (Wildman–Crippen MR) is 73.4 cm³/mol. The van der Waals surface area contributed by atoms with Crippen LogP contribution in [0.1, 0.15) is 30.1 Å². The van der Waals surface area contributed by atoms with Gasteiger partial charge in [-0.15, -0.1) is 0 Å². The van der Waals surface area contributed by atoms with E-state index in [-0.39, 0.29) is 17.7 Å². The molecule has 0 bridgehead atoms. The average molecular weight is 266 g/mol. The van der Waals surface area contributed by atoms with Crippen LogP contribution >= 0.6 is 0 Å². The Morgan fingerprint density at radius 3 is 3.05 bits per heavy atom. The van der Waals surface area contributed by atoms with Gasteiger partial charge in [-0.3, -0.25) is 4.79 Å². The number of hydrogen-bond donors (Lipinski definition) is 2. The first-order valence-corrected chi connectivity index (χ1v) is 6.71. The highest BCUT2D eigenvalue weighted by Crippen LogP contribution is 2.27. The van der Waals surface area contributed by atoms with Gasteiger partial charge >= 0.3 is 0 Å². The molecule has 106 valence electrons. The van der Waals surface area contributed by atoms with Gasteiger partial charge in [-0.25, -0.2) is 0 Å². The van der Waals surface area contributed by atoms with Crippen molar-refractivity contribution in [2.75, 3.05) is 27.4 Å². The fraction of sp³-hybridized carbons (Fsp3) is 0.643. The van der Waals surface area contributed by atoms with E-state index in [4.69, 9.17) is 9.47 Å². The lowest BCUT2D eigenvalue weighted by molar-refractivity contribution is 0.0270. The highest BCUT2D eigenvalue weighted by Gasteiger charge is 2.21. The third-order valence-electron chi connectivity index (χ3n) is 3.61. The number of hydrogen-bond acceptors (Lipinski definition) is 4. The van der Waals surface area contributed by atoms with E-state index in [1.165, 1.54) is 5.56 Å². The number of nitrogens with one attached hydrogen (secondary N) is 2. The molecule has 0 spiro atoms. The lowest BCUT2D eigenvalue weighted by atomic mass is 9.91. The van der Waals surface area contributed by atoms with Crippen LogP contribution in [0, 0.1) is 0 Å². The summed E-state index contributed by atoms with van der Waals surface area (Å²) in [5, 5.41) is 3.51. The molecule has 0 aliphatic heterocycles. The number of pyridine rings is 1. The number of rotatable bonds is 6. The number of aromatic amines is 1. The number of aromatic nitrogens is 1. The topological polar surface area (TPSA) is 63.3 Å². The maximum absolute atomic E-state index is 11.3. The Balaban J connectivity index is 2.01. The van der Waals surface area contributed by atoms with E-state index in [0.717, 1.165) is 31.5 Å².